The van der Waals surface area contributed by atoms with Crippen molar-refractivity contribution in [2.75, 3.05) is 0 Å². The molecule has 82 valence electrons. The lowest BCUT2D eigenvalue weighted by Crippen LogP contribution is -2.20. The van der Waals surface area contributed by atoms with Crippen molar-refractivity contribution in [3.63, 3.8) is 0 Å². The zero-order chi connectivity index (χ0) is 12.0. The van der Waals surface area contributed by atoms with Crippen LogP contribution in [0.25, 0.3) is 6.08 Å². The molecule has 0 atom stereocenters. The molecule has 0 unspecified atom stereocenters. The normalized spacial score (nSPS) is 10.0. The van der Waals surface area contributed by atoms with Crippen LogP contribution >= 0.6 is 11.6 Å². The molecule has 5 nitrogen and oxygen atoms in total. The van der Waals surface area contributed by atoms with Gasteiger partial charge in [0, 0.05) is 12.6 Å². The molecule has 1 heterocycles. The topological polar surface area (TPSA) is 86.0 Å². The summed E-state index contributed by atoms with van der Waals surface area (Å²) >= 11 is 5.69. The molecule has 1 aromatic heterocycles. The summed E-state index contributed by atoms with van der Waals surface area (Å²) in [7, 11) is 0. The van der Waals surface area contributed by atoms with Gasteiger partial charge in [-0.25, -0.2) is 9.78 Å². The highest BCUT2D eigenvalue weighted by Crippen LogP contribution is 2.13. The number of carbonyl (C=O) groups is 1. The summed E-state index contributed by atoms with van der Waals surface area (Å²) in [6, 6.07) is 5.04. The summed E-state index contributed by atoms with van der Waals surface area (Å²) < 4.78 is 0. The smallest absolute Gasteiger partial charge is 0.404 e. The van der Waals surface area contributed by atoms with Crippen molar-refractivity contribution in [3.05, 3.63) is 34.6 Å². The molecule has 0 aliphatic rings. The van der Waals surface area contributed by atoms with Gasteiger partial charge in [0.2, 0.25) is 0 Å². The van der Waals surface area contributed by atoms with Crippen LogP contribution in [-0.2, 0) is 6.54 Å². The highest BCUT2D eigenvalue weighted by atomic mass is 35.5. The maximum atomic E-state index is 10.3. The fourth-order valence-corrected chi connectivity index (χ4v) is 1.21. The average Bonchev–Trinajstić information content (AvgIpc) is 2.24. The molecule has 0 aromatic carbocycles. The Kier molecular flexibility index (Phi) is 4.30. The third-order valence-corrected chi connectivity index (χ3v) is 1.93. The standard InChI is InChI=1S/C10H8ClN3O2/c11-9-4-3-7(6-13-10(15)16)8(14-9)2-1-5-12/h1-4,13H,6H2,(H,15,16)/b2-1+. The predicted octanol–water partition coefficient (Wildman–Crippen LogP) is 2.04. The number of nitriles is 1. The van der Waals surface area contributed by atoms with Gasteiger partial charge in [0.1, 0.15) is 5.15 Å². The van der Waals surface area contributed by atoms with Crippen LogP contribution in [-0.4, -0.2) is 16.2 Å². The summed E-state index contributed by atoms with van der Waals surface area (Å²) in [5.74, 6) is 0. The Morgan fingerprint density at radius 1 is 1.69 bits per heavy atom. The number of nitrogens with one attached hydrogen (secondary N) is 1. The van der Waals surface area contributed by atoms with Gasteiger partial charge >= 0.3 is 6.09 Å². The molecular formula is C10H8ClN3O2. The Bertz CT molecular complexity index is 466. The number of nitrogens with zero attached hydrogens (tertiary/aromatic N) is 2. The number of hydrogen-bond donors (Lipinski definition) is 2. The van der Waals surface area contributed by atoms with E-state index in [2.05, 4.69) is 10.3 Å². The molecule has 1 aromatic rings. The Labute approximate surface area is 97.0 Å². The lowest BCUT2D eigenvalue weighted by atomic mass is 10.2. The number of rotatable bonds is 3. The largest absolute Gasteiger partial charge is 0.465 e. The van der Waals surface area contributed by atoms with Crippen molar-refractivity contribution < 1.29 is 9.90 Å². The number of pyridine rings is 1. The molecular weight excluding hydrogens is 230 g/mol. The third kappa shape index (κ3) is 3.59. The third-order valence-electron chi connectivity index (χ3n) is 1.72. The van der Waals surface area contributed by atoms with Gasteiger partial charge in [-0.15, -0.1) is 0 Å². The van der Waals surface area contributed by atoms with Gasteiger partial charge in [-0.2, -0.15) is 5.26 Å². The zero-order valence-corrected chi connectivity index (χ0v) is 8.90. The SMILES string of the molecule is N#C/C=C/c1nc(Cl)ccc1CNC(=O)O. The molecule has 0 aliphatic carbocycles. The summed E-state index contributed by atoms with van der Waals surface area (Å²) in [6.45, 7) is 0.116. The number of aromatic nitrogens is 1. The van der Waals surface area contributed by atoms with E-state index >= 15 is 0 Å². The molecule has 6 heteroatoms. The van der Waals surface area contributed by atoms with Crippen LogP contribution in [0.1, 0.15) is 11.3 Å². The molecule has 0 aliphatic heterocycles. The molecule has 1 amide bonds. The van der Waals surface area contributed by atoms with Crippen molar-refractivity contribution in [2.45, 2.75) is 6.54 Å². The molecule has 0 bridgehead atoms. The maximum Gasteiger partial charge on any atom is 0.404 e. The first-order chi connectivity index (χ1) is 7.63. The van der Waals surface area contributed by atoms with Gasteiger partial charge in [0.05, 0.1) is 11.8 Å². The summed E-state index contributed by atoms with van der Waals surface area (Å²) in [5, 5.41) is 19.4. The van der Waals surface area contributed by atoms with Crippen LogP contribution < -0.4 is 5.32 Å². The zero-order valence-electron chi connectivity index (χ0n) is 8.14. The fraction of sp³-hybridized carbons (Fsp3) is 0.100. The average molecular weight is 238 g/mol. The summed E-state index contributed by atoms with van der Waals surface area (Å²) in [6.07, 6.45) is 1.61. The highest BCUT2D eigenvalue weighted by molar-refractivity contribution is 6.29. The van der Waals surface area contributed by atoms with E-state index in [-0.39, 0.29) is 11.7 Å². The Morgan fingerprint density at radius 2 is 2.44 bits per heavy atom. The second-order valence-electron chi connectivity index (χ2n) is 2.80. The Hall–Kier alpha value is -2.06. The van der Waals surface area contributed by atoms with E-state index < -0.39 is 6.09 Å². The van der Waals surface area contributed by atoms with Crippen LogP contribution in [0.3, 0.4) is 0 Å². The van der Waals surface area contributed by atoms with E-state index in [1.54, 1.807) is 12.1 Å². The second kappa shape index (κ2) is 5.73. The van der Waals surface area contributed by atoms with E-state index in [1.165, 1.54) is 12.2 Å². The number of hydrogen-bond acceptors (Lipinski definition) is 3. The van der Waals surface area contributed by atoms with Gasteiger partial charge in [0.15, 0.2) is 0 Å². The first-order valence-electron chi connectivity index (χ1n) is 4.32. The molecule has 0 spiro atoms. The Balaban J connectivity index is 2.94. The monoisotopic (exact) mass is 237 g/mol. The maximum absolute atomic E-state index is 10.3. The molecule has 1 rings (SSSR count). The molecule has 0 saturated carbocycles. The van der Waals surface area contributed by atoms with Crippen LogP contribution in [0, 0.1) is 11.3 Å². The summed E-state index contributed by atoms with van der Waals surface area (Å²) in [4.78, 5) is 14.3. The van der Waals surface area contributed by atoms with Gasteiger partial charge in [-0.1, -0.05) is 17.7 Å². The second-order valence-corrected chi connectivity index (χ2v) is 3.19. The molecule has 0 saturated heterocycles. The first kappa shape index (κ1) is 12.0. The first-order valence-corrected chi connectivity index (χ1v) is 4.69. The number of amides is 1. The van der Waals surface area contributed by atoms with Gasteiger partial charge in [-0.3, -0.25) is 0 Å². The van der Waals surface area contributed by atoms with E-state index in [0.29, 0.717) is 11.3 Å². The lowest BCUT2D eigenvalue weighted by Gasteiger charge is -2.05. The van der Waals surface area contributed by atoms with E-state index in [4.69, 9.17) is 22.0 Å². The number of allylic oxidation sites excluding steroid dienone is 1. The molecule has 16 heavy (non-hydrogen) atoms. The van der Waals surface area contributed by atoms with Crippen LogP contribution in [0.2, 0.25) is 5.15 Å². The van der Waals surface area contributed by atoms with Crippen molar-refractivity contribution >= 4 is 23.8 Å². The minimum Gasteiger partial charge on any atom is -0.465 e. The predicted molar refractivity (Wildman–Crippen MR) is 58.8 cm³/mol. The van der Waals surface area contributed by atoms with Crippen LogP contribution in [0.15, 0.2) is 18.2 Å². The quantitative estimate of drug-likeness (QED) is 0.622. The lowest BCUT2D eigenvalue weighted by molar-refractivity contribution is 0.194. The highest BCUT2D eigenvalue weighted by Gasteiger charge is 2.03. The number of halogens is 1. The van der Waals surface area contributed by atoms with Crippen molar-refractivity contribution in [2.24, 2.45) is 0 Å². The van der Waals surface area contributed by atoms with Gasteiger partial charge < -0.3 is 10.4 Å². The van der Waals surface area contributed by atoms with Crippen molar-refractivity contribution in [1.29, 1.82) is 5.26 Å². The number of carboxylic acid groups (broad SMARTS) is 1. The van der Waals surface area contributed by atoms with E-state index in [0.717, 1.165) is 0 Å². The van der Waals surface area contributed by atoms with Crippen LogP contribution in [0.4, 0.5) is 4.79 Å². The minimum atomic E-state index is -1.12. The van der Waals surface area contributed by atoms with Gasteiger partial charge in [-0.05, 0) is 17.7 Å². The minimum absolute atomic E-state index is 0.116. The van der Waals surface area contributed by atoms with Crippen LogP contribution in [0.5, 0.6) is 0 Å². The van der Waals surface area contributed by atoms with E-state index in [1.807, 2.05) is 6.07 Å². The van der Waals surface area contributed by atoms with E-state index in [9.17, 15) is 4.79 Å². The van der Waals surface area contributed by atoms with Crippen molar-refractivity contribution in [3.8, 4) is 6.07 Å². The van der Waals surface area contributed by atoms with Crippen molar-refractivity contribution in [1.82, 2.24) is 10.3 Å². The molecule has 2 N–H and O–H groups in total. The molecule has 0 fully saturated rings. The van der Waals surface area contributed by atoms with Gasteiger partial charge in [0.25, 0.3) is 0 Å². The molecule has 0 radical (unpaired) electrons. The fourth-order valence-electron chi connectivity index (χ4n) is 1.06. The summed E-state index contributed by atoms with van der Waals surface area (Å²) in [5.41, 5.74) is 1.13. The Morgan fingerprint density at radius 3 is 3.06 bits per heavy atom.